The average molecular weight is 294 g/mol. The highest BCUT2D eigenvalue weighted by Gasteiger charge is 2.15. The first-order valence-electron chi connectivity index (χ1n) is 6.13. The fourth-order valence-electron chi connectivity index (χ4n) is 1.59. The second-order valence-electron chi connectivity index (χ2n) is 4.07. The van der Waals surface area contributed by atoms with Gasteiger partial charge in [-0.25, -0.2) is 9.37 Å². The van der Waals surface area contributed by atoms with Gasteiger partial charge < -0.3 is 16.4 Å². The van der Waals surface area contributed by atoms with Gasteiger partial charge in [0.1, 0.15) is 16.5 Å². The van der Waals surface area contributed by atoms with Gasteiger partial charge in [-0.2, -0.15) is 0 Å². The van der Waals surface area contributed by atoms with Crippen molar-refractivity contribution in [1.29, 1.82) is 0 Å². The Morgan fingerprint density at radius 3 is 2.75 bits per heavy atom. The van der Waals surface area contributed by atoms with Crippen LogP contribution in [0.4, 0.5) is 15.3 Å². The molecule has 0 bridgehead atoms. The molecular formula is C13H15FN4OS. The molecule has 0 radical (unpaired) electrons. The van der Waals surface area contributed by atoms with Crippen LogP contribution in [0, 0.1) is 5.82 Å². The summed E-state index contributed by atoms with van der Waals surface area (Å²) in [5.41, 5.74) is 6.52. The lowest BCUT2D eigenvalue weighted by molar-refractivity contribution is 0.0955. The Morgan fingerprint density at radius 1 is 1.40 bits per heavy atom. The topological polar surface area (TPSA) is 80.0 Å². The molecule has 1 heterocycles. The molecule has 7 heteroatoms. The Kier molecular flexibility index (Phi) is 4.52. The Labute approximate surface area is 120 Å². The van der Waals surface area contributed by atoms with Gasteiger partial charge in [-0.1, -0.05) is 23.5 Å². The van der Waals surface area contributed by atoms with Crippen LogP contribution in [0.1, 0.15) is 22.2 Å². The number of nitrogens with zero attached hydrogens (tertiary/aromatic N) is 1. The zero-order valence-electron chi connectivity index (χ0n) is 10.9. The molecule has 2 rings (SSSR count). The van der Waals surface area contributed by atoms with Crippen molar-refractivity contribution < 1.29 is 9.18 Å². The lowest BCUT2D eigenvalue weighted by Gasteiger charge is -2.04. The van der Waals surface area contributed by atoms with Crippen LogP contribution in [0.3, 0.4) is 0 Å². The SMILES string of the molecule is CCNc1nc(N)c(C(=O)NCc2ccc(F)cc2)s1. The molecule has 106 valence electrons. The molecule has 0 aliphatic carbocycles. The predicted molar refractivity (Wildman–Crippen MR) is 78.3 cm³/mol. The molecule has 0 saturated carbocycles. The number of carbonyl (C=O) groups is 1. The molecule has 0 unspecified atom stereocenters. The van der Waals surface area contributed by atoms with E-state index in [0.717, 1.165) is 5.56 Å². The van der Waals surface area contributed by atoms with Gasteiger partial charge >= 0.3 is 0 Å². The number of carbonyl (C=O) groups excluding carboxylic acids is 1. The quantitative estimate of drug-likeness (QED) is 0.790. The number of hydrogen-bond acceptors (Lipinski definition) is 5. The summed E-state index contributed by atoms with van der Waals surface area (Å²) in [6, 6.07) is 5.95. The largest absolute Gasteiger partial charge is 0.382 e. The Bertz CT molecular complexity index is 597. The minimum Gasteiger partial charge on any atom is -0.382 e. The van der Waals surface area contributed by atoms with Gasteiger partial charge in [0.2, 0.25) is 0 Å². The highest BCUT2D eigenvalue weighted by Crippen LogP contribution is 2.24. The molecule has 1 aromatic heterocycles. The molecular weight excluding hydrogens is 279 g/mol. The standard InChI is InChI=1S/C13H15FN4OS/c1-2-16-13-18-11(15)10(20-13)12(19)17-7-8-3-5-9(14)6-4-8/h3-6H,2,7,15H2,1H3,(H,16,18)(H,17,19). The summed E-state index contributed by atoms with van der Waals surface area (Å²) in [6.45, 7) is 2.96. The average Bonchev–Trinajstić information content (AvgIpc) is 2.79. The van der Waals surface area contributed by atoms with Crippen molar-refractivity contribution >= 4 is 28.2 Å². The number of aromatic nitrogens is 1. The number of anilines is 2. The summed E-state index contributed by atoms with van der Waals surface area (Å²) >= 11 is 1.21. The van der Waals surface area contributed by atoms with Crippen molar-refractivity contribution in [2.45, 2.75) is 13.5 Å². The Morgan fingerprint density at radius 2 is 2.10 bits per heavy atom. The molecule has 1 aromatic carbocycles. The van der Waals surface area contributed by atoms with Crippen LogP contribution in [0.25, 0.3) is 0 Å². The lowest BCUT2D eigenvalue weighted by Crippen LogP contribution is -2.22. The Balaban J connectivity index is 1.99. The maximum atomic E-state index is 12.8. The van der Waals surface area contributed by atoms with E-state index in [1.165, 1.54) is 23.5 Å². The minimum atomic E-state index is -0.304. The highest BCUT2D eigenvalue weighted by atomic mass is 32.1. The van der Waals surface area contributed by atoms with E-state index in [-0.39, 0.29) is 17.5 Å². The summed E-state index contributed by atoms with van der Waals surface area (Å²) in [6.07, 6.45) is 0. The predicted octanol–water partition coefficient (Wildman–Crippen LogP) is 2.23. The monoisotopic (exact) mass is 294 g/mol. The number of nitrogen functional groups attached to an aromatic ring is 1. The third-order valence-electron chi connectivity index (χ3n) is 2.55. The van der Waals surface area contributed by atoms with E-state index in [4.69, 9.17) is 5.73 Å². The van der Waals surface area contributed by atoms with E-state index in [1.54, 1.807) is 12.1 Å². The van der Waals surface area contributed by atoms with Crippen LogP contribution in [-0.4, -0.2) is 17.4 Å². The smallest absolute Gasteiger partial charge is 0.265 e. The van der Waals surface area contributed by atoms with Gasteiger partial charge in [0.15, 0.2) is 5.13 Å². The number of rotatable bonds is 5. The summed E-state index contributed by atoms with van der Waals surface area (Å²) in [7, 11) is 0. The molecule has 0 saturated heterocycles. The molecule has 20 heavy (non-hydrogen) atoms. The maximum absolute atomic E-state index is 12.8. The molecule has 5 nitrogen and oxygen atoms in total. The third kappa shape index (κ3) is 3.45. The zero-order chi connectivity index (χ0) is 14.5. The van der Waals surface area contributed by atoms with Crippen LogP contribution in [-0.2, 0) is 6.54 Å². The zero-order valence-corrected chi connectivity index (χ0v) is 11.8. The van der Waals surface area contributed by atoms with E-state index in [2.05, 4.69) is 15.6 Å². The van der Waals surface area contributed by atoms with Crippen molar-refractivity contribution in [3.63, 3.8) is 0 Å². The van der Waals surface area contributed by atoms with Gasteiger partial charge in [-0.3, -0.25) is 4.79 Å². The molecule has 0 aliphatic rings. The second kappa shape index (κ2) is 6.33. The van der Waals surface area contributed by atoms with Crippen molar-refractivity contribution in [2.24, 2.45) is 0 Å². The van der Waals surface area contributed by atoms with Crippen LogP contribution in [0.15, 0.2) is 24.3 Å². The number of amides is 1. The minimum absolute atomic E-state index is 0.211. The van der Waals surface area contributed by atoms with Crippen molar-refractivity contribution in [1.82, 2.24) is 10.3 Å². The van der Waals surface area contributed by atoms with Crippen LogP contribution < -0.4 is 16.4 Å². The van der Waals surface area contributed by atoms with Gasteiger partial charge in [0.05, 0.1) is 0 Å². The Hall–Kier alpha value is -2.15. The van der Waals surface area contributed by atoms with Gasteiger partial charge in [-0.15, -0.1) is 0 Å². The van der Waals surface area contributed by atoms with E-state index < -0.39 is 0 Å². The summed E-state index contributed by atoms with van der Waals surface area (Å²) in [5.74, 6) is -0.377. The van der Waals surface area contributed by atoms with E-state index in [0.29, 0.717) is 23.1 Å². The van der Waals surface area contributed by atoms with E-state index in [9.17, 15) is 9.18 Å². The highest BCUT2D eigenvalue weighted by molar-refractivity contribution is 7.18. The van der Waals surface area contributed by atoms with Crippen LogP contribution in [0.2, 0.25) is 0 Å². The molecule has 4 N–H and O–H groups in total. The van der Waals surface area contributed by atoms with E-state index in [1.807, 2.05) is 6.92 Å². The fraction of sp³-hybridized carbons (Fsp3) is 0.231. The van der Waals surface area contributed by atoms with Gasteiger partial charge in [0.25, 0.3) is 5.91 Å². The first-order chi connectivity index (χ1) is 9.60. The third-order valence-corrected chi connectivity index (χ3v) is 3.58. The molecule has 0 fully saturated rings. The van der Waals surface area contributed by atoms with Gasteiger partial charge in [-0.05, 0) is 24.6 Å². The first-order valence-corrected chi connectivity index (χ1v) is 6.94. The van der Waals surface area contributed by atoms with Crippen LogP contribution >= 0.6 is 11.3 Å². The van der Waals surface area contributed by atoms with Crippen molar-refractivity contribution in [3.05, 3.63) is 40.5 Å². The fourth-order valence-corrected chi connectivity index (χ4v) is 2.46. The van der Waals surface area contributed by atoms with Crippen molar-refractivity contribution in [3.8, 4) is 0 Å². The maximum Gasteiger partial charge on any atom is 0.265 e. The molecule has 2 aromatic rings. The van der Waals surface area contributed by atoms with Gasteiger partial charge in [0, 0.05) is 13.1 Å². The molecule has 0 aliphatic heterocycles. The summed E-state index contributed by atoms with van der Waals surface area (Å²) in [5, 5.41) is 6.36. The molecule has 0 atom stereocenters. The molecule has 0 spiro atoms. The summed E-state index contributed by atoms with van der Waals surface area (Å²) in [4.78, 5) is 16.4. The summed E-state index contributed by atoms with van der Waals surface area (Å²) < 4.78 is 12.8. The second-order valence-corrected chi connectivity index (χ2v) is 5.07. The number of nitrogens with one attached hydrogen (secondary N) is 2. The van der Waals surface area contributed by atoms with Crippen LogP contribution in [0.5, 0.6) is 0 Å². The number of benzene rings is 1. The molecule has 1 amide bonds. The number of hydrogen-bond donors (Lipinski definition) is 3. The number of halogens is 1. The normalized spacial score (nSPS) is 10.3. The van der Waals surface area contributed by atoms with Crippen molar-refractivity contribution in [2.75, 3.05) is 17.6 Å². The number of nitrogens with two attached hydrogens (primary N) is 1. The van der Waals surface area contributed by atoms with E-state index >= 15 is 0 Å². The lowest BCUT2D eigenvalue weighted by atomic mass is 10.2. The number of thiazole rings is 1. The first kappa shape index (κ1) is 14.3.